The molecule has 33 heavy (non-hydrogen) atoms. The summed E-state index contributed by atoms with van der Waals surface area (Å²) in [6.45, 7) is 1.98. The molecule has 0 aliphatic carbocycles. The molecule has 5 rings (SSSR count). The van der Waals surface area contributed by atoms with E-state index in [1.165, 1.54) is 4.90 Å². The van der Waals surface area contributed by atoms with Crippen molar-refractivity contribution < 1.29 is 22.8 Å². The third kappa shape index (κ3) is 4.40. The monoisotopic (exact) mass is 472 g/mol. The van der Waals surface area contributed by atoms with Gasteiger partial charge in [0.2, 0.25) is 11.8 Å². The Bertz CT molecular complexity index is 1240. The van der Waals surface area contributed by atoms with E-state index in [2.05, 4.69) is 20.5 Å². The fourth-order valence-electron chi connectivity index (χ4n) is 4.58. The first kappa shape index (κ1) is 21.7. The fourth-order valence-corrected chi connectivity index (χ4v) is 5.89. The van der Waals surface area contributed by atoms with Gasteiger partial charge in [-0.05, 0) is 43.1 Å². The van der Waals surface area contributed by atoms with Crippen molar-refractivity contribution in [1.29, 1.82) is 0 Å². The second-order valence-electron chi connectivity index (χ2n) is 8.68. The van der Waals surface area contributed by atoms with Gasteiger partial charge in [0.1, 0.15) is 6.04 Å². The van der Waals surface area contributed by atoms with Crippen LogP contribution in [0, 0.1) is 0 Å². The Morgan fingerprint density at radius 2 is 1.97 bits per heavy atom. The number of nitrogens with one attached hydrogen (secondary N) is 1. The maximum atomic E-state index is 12.8. The molecule has 0 bridgehead atoms. The molecule has 3 aliphatic heterocycles. The minimum Gasteiger partial charge on any atom is -0.322 e. The molecule has 3 aliphatic rings. The normalized spacial score (nSPS) is 23.3. The first-order valence-electron chi connectivity index (χ1n) is 10.9. The van der Waals surface area contributed by atoms with E-state index < -0.39 is 21.8 Å². The fraction of sp³-hybridized carbons (Fsp3) is 0.476. The maximum absolute atomic E-state index is 12.8. The molecule has 4 heterocycles. The molecular formula is C21H24N6O5S. The predicted octanol–water partition coefficient (Wildman–Crippen LogP) is -0.351. The van der Waals surface area contributed by atoms with Crippen molar-refractivity contribution in [1.82, 2.24) is 30.1 Å². The molecule has 1 aromatic carbocycles. The molecule has 3 amide bonds. The van der Waals surface area contributed by atoms with Crippen LogP contribution in [0.15, 0.2) is 24.4 Å². The molecule has 1 N–H and O–H groups in total. The lowest BCUT2D eigenvalue weighted by atomic mass is 10.0. The van der Waals surface area contributed by atoms with Gasteiger partial charge in [-0.2, -0.15) is 0 Å². The predicted molar refractivity (Wildman–Crippen MR) is 116 cm³/mol. The number of piperidine rings is 1. The van der Waals surface area contributed by atoms with Crippen molar-refractivity contribution in [2.45, 2.75) is 38.4 Å². The minimum absolute atomic E-state index is 0.156. The number of sulfone groups is 1. The third-order valence-electron chi connectivity index (χ3n) is 6.35. The highest BCUT2D eigenvalue weighted by Gasteiger charge is 2.39. The van der Waals surface area contributed by atoms with E-state index in [4.69, 9.17) is 0 Å². The Morgan fingerprint density at radius 3 is 2.79 bits per heavy atom. The Balaban J connectivity index is 1.29. The highest BCUT2D eigenvalue weighted by atomic mass is 32.2. The molecule has 11 nitrogen and oxygen atoms in total. The first-order chi connectivity index (χ1) is 15.8. The van der Waals surface area contributed by atoms with Gasteiger partial charge in [0.15, 0.2) is 9.84 Å². The average molecular weight is 473 g/mol. The van der Waals surface area contributed by atoms with Gasteiger partial charge in [-0.3, -0.25) is 24.6 Å². The number of imide groups is 1. The molecule has 12 heteroatoms. The molecular weight excluding hydrogens is 448 g/mol. The van der Waals surface area contributed by atoms with Crippen LogP contribution in [-0.4, -0.2) is 81.6 Å². The molecule has 2 saturated heterocycles. The number of amides is 3. The smallest absolute Gasteiger partial charge is 0.255 e. The zero-order valence-electron chi connectivity index (χ0n) is 17.9. The van der Waals surface area contributed by atoms with E-state index in [1.807, 2.05) is 6.07 Å². The topological polar surface area (TPSA) is 135 Å². The quantitative estimate of drug-likeness (QED) is 0.597. The van der Waals surface area contributed by atoms with E-state index in [0.717, 1.165) is 16.9 Å². The zero-order valence-corrected chi connectivity index (χ0v) is 18.8. The second-order valence-corrected chi connectivity index (χ2v) is 11.0. The lowest BCUT2D eigenvalue weighted by Crippen LogP contribution is -2.52. The first-order valence-corrected chi connectivity index (χ1v) is 12.7. The van der Waals surface area contributed by atoms with E-state index in [1.54, 1.807) is 23.0 Å². The van der Waals surface area contributed by atoms with Crippen molar-refractivity contribution in [3.05, 3.63) is 41.2 Å². The number of carbonyl (C=O) groups is 3. The standard InChI is InChI=1S/C21H24N6O5S/c28-19-5-4-18(20(29)22-19)26-11-14-10-16(2-3-17(14)21(26)30)27-13-15(23-24-27)12-25-6-1-8-33(31,32)9-7-25/h2-3,10,13,18H,1,4-9,11-12H2,(H,22,28,29). The number of rotatable bonds is 4. The number of aromatic nitrogens is 3. The van der Waals surface area contributed by atoms with Crippen LogP contribution in [-0.2, 0) is 32.5 Å². The van der Waals surface area contributed by atoms with E-state index in [-0.39, 0.29) is 36.3 Å². The SMILES string of the molecule is O=C1CCC(N2Cc3cc(-n4cc(CN5CCCS(=O)(=O)CC5)nn4)ccc3C2=O)C(=O)N1. The van der Waals surface area contributed by atoms with Crippen LogP contribution in [0.4, 0.5) is 0 Å². The molecule has 2 fully saturated rings. The Hall–Kier alpha value is -3.12. The third-order valence-corrected chi connectivity index (χ3v) is 8.06. The highest BCUT2D eigenvalue weighted by molar-refractivity contribution is 7.91. The molecule has 0 spiro atoms. The Morgan fingerprint density at radius 1 is 1.12 bits per heavy atom. The summed E-state index contributed by atoms with van der Waals surface area (Å²) in [4.78, 5) is 40.1. The summed E-state index contributed by atoms with van der Waals surface area (Å²) in [5.41, 5.74) is 2.80. The summed E-state index contributed by atoms with van der Waals surface area (Å²) in [6, 6.07) is 4.71. The van der Waals surface area contributed by atoms with Crippen LogP contribution in [0.5, 0.6) is 0 Å². The lowest BCUT2D eigenvalue weighted by molar-refractivity contribution is -0.136. The van der Waals surface area contributed by atoms with Crippen molar-refractivity contribution >= 4 is 27.6 Å². The number of benzene rings is 1. The van der Waals surface area contributed by atoms with Crippen LogP contribution in [0.25, 0.3) is 5.69 Å². The van der Waals surface area contributed by atoms with Crippen LogP contribution in [0.3, 0.4) is 0 Å². The van der Waals surface area contributed by atoms with Gasteiger partial charge in [-0.15, -0.1) is 5.10 Å². The number of fused-ring (bicyclic) bond motifs is 1. The number of nitrogens with zero attached hydrogens (tertiary/aromatic N) is 5. The van der Waals surface area contributed by atoms with Gasteiger partial charge in [0.05, 0.1) is 29.1 Å². The summed E-state index contributed by atoms with van der Waals surface area (Å²) >= 11 is 0. The molecule has 1 unspecified atom stereocenters. The Kier molecular flexibility index (Phi) is 5.49. The zero-order chi connectivity index (χ0) is 23.2. The molecule has 0 radical (unpaired) electrons. The van der Waals surface area contributed by atoms with Gasteiger partial charge in [-0.25, -0.2) is 13.1 Å². The van der Waals surface area contributed by atoms with Gasteiger partial charge in [-0.1, -0.05) is 5.21 Å². The van der Waals surface area contributed by atoms with Crippen LogP contribution in [0.2, 0.25) is 0 Å². The van der Waals surface area contributed by atoms with Gasteiger partial charge < -0.3 is 4.90 Å². The van der Waals surface area contributed by atoms with Crippen molar-refractivity contribution in [3.8, 4) is 5.69 Å². The number of carbonyl (C=O) groups excluding carboxylic acids is 3. The molecule has 0 saturated carbocycles. The van der Waals surface area contributed by atoms with Gasteiger partial charge >= 0.3 is 0 Å². The number of hydrogen-bond donors (Lipinski definition) is 1. The van der Waals surface area contributed by atoms with E-state index in [9.17, 15) is 22.8 Å². The summed E-state index contributed by atoms with van der Waals surface area (Å²) in [5.74, 6) is -0.591. The largest absolute Gasteiger partial charge is 0.322 e. The molecule has 1 aromatic heterocycles. The molecule has 1 atom stereocenters. The Labute approximate surface area is 190 Å². The van der Waals surface area contributed by atoms with Crippen molar-refractivity contribution in [2.24, 2.45) is 0 Å². The van der Waals surface area contributed by atoms with Gasteiger partial charge in [0.25, 0.3) is 5.91 Å². The van der Waals surface area contributed by atoms with Crippen LogP contribution in [0.1, 0.15) is 40.9 Å². The summed E-state index contributed by atoms with van der Waals surface area (Å²) in [5, 5.41) is 10.7. The highest BCUT2D eigenvalue weighted by Crippen LogP contribution is 2.29. The van der Waals surface area contributed by atoms with Crippen LogP contribution >= 0.6 is 0 Å². The van der Waals surface area contributed by atoms with E-state index in [0.29, 0.717) is 38.0 Å². The second kappa shape index (κ2) is 8.34. The van der Waals surface area contributed by atoms with Crippen molar-refractivity contribution in [3.63, 3.8) is 0 Å². The molecule has 174 valence electrons. The van der Waals surface area contributed by atoms with Gasteiger partial charge in [0, 0.05) is 31.6 Å². The van der Waals surface area contributed by atoms with E-state index >= 15 is 0 Å². The number of hydrogen-bond acceptors (Lipinski definition) is 8. The maximum Gasteiger partial charge on any atom is 0.255 e. The van der Waals surface area contributed by atoms with Crippen molar-refractivity contribution in [2.75, 3.05) is 24.6 Å². The average Bonchev–Trinajstić information content (AvgIpc) is 3.31. The lowest BCUT2D eigenvalue weighted by Gasteiger charge is -2.29. The summed E-state index contributed by atoms with van der Waals surface area (Å²) in [6.07, 6.45) is 2.95. The summed E-state index contributed by atoms with van der Waals surface area (Å²) < 4.78 is 25.2. The minimum atomic E-state index is -2.97. The summed E-state index contributed by atoms with van der Waals surface area (Å²) in [7, 11) is -2.97. The van der Waals surface area contributed by atoms with Crippen LogP contribution < -0.4 is 5.32 Å². The molecule has 2 aromatic rings.